The van der Waals surface area contributed by atoms with Crippen LogP contribution in [0.15, 0.2) is 42.5 Å². The van der Waals surface area contributed by atoms with E-state index in [0.717, 1.165) is 11.1 Å². The Morgan fingerprint density at radius 1 is 1.22 bits per heavy atom. The van der Waals surface area contributed by atoms with Crippen molar-refractivity contribution in [3.8, 4) is 11.5 Å². The summed E-state index contributed by atoms with van der Waals surface area (Å²) in [5.74, 6) is -2.03. The number of aliphatic hydroxyl groups is 1. The van der Waals surface area contributed by atoms with Gasteiger partial charge in [-0.05, 0) is 48.7 Å². The highest BCUT2D eigenvalue weighted by Gasteiger charge is 2.44. The Morgan fingerprint density at radius 2 is 1.96 bits per heavy atom. The summed E-state index contributed by atoms with van der Waals surface area (Å²) in [7, 11) is 0. The van der Waals surface area contributed by atoms with Crippen molar-refractivity contribution < 1.29 is 24.5 Å². The van der Waals surface area contributed by atoms with Crippen LogP contribution in [0.3, 0.4) is 0 Å². The Morgan fingerprint density at radius 3 is 2.67 bits per heavy atom. The zero-order chi connectivity index (χ0) is 19.6. The van der Waals surface area contributed by atoms with Crippen LogP contribution in [0.5, 0.6) is 11.5 Å². The number of carboxylic acid groups (broad SMARTS) is 1. The first-order valence-electron chi connectivity index (χ1n) is 8.68. The average molecular weight is 392 g/mol. The molecule has 144 valence electrons. The van der Waals surface area contributed by atoms with E-state index in [1.54, 1.807) is 24.3 Å². The number of carboxylic acids is 1. The van der Waals surface area contributed by atoms with Gasteiger partial charge in [0.05, 0.1) is 6.10 Å². The van der Waals surface area contributed by atoms with Gasteiger partial charge in [0.15, 0.2) is 11.5 Å². The summed E-state index contributed by atoms with van der Waals surface area (Å²) in [5, 5.41) is 23.4. The summed E-state index contributed by atoms with van der Waals surface area (Å²) >= 11 is 5.95. The van der Waals surface area contributed by atoms with Crippen molar-refractivity contribution in [2.45, 2.75) is 38.2 Å². The molecule has 7 heteroatoms. The first-order valence-corrected chi connectivity index (χ1v) is 9.06. The number of carbonyl (C=O) groups is 1. The number of nitrogens with one attached hydrogen (secondary N) is 1. The molecule has 0 bridgehead atoms. The van der Waals surface area contributed by atoms with E-state index in [-0.39, 0.29) is 6.04 Å². The SMILES string of the molecule is CC(Cc1ccc2c(c1)OC(C)(C(=O)O)O2)NCC(O)c1cccc(Cl)c1. The van der Waals surface area contributed by atoms with Crippen LogP contribution in [0.2, 0.25) is 5.02 Å². The van der Waals surface area contributed by atoms with E-state index in [9.17, 15) is 15.0 Å². The van der Waals surface area contributed by atoms with Crippen LogP contribution < -0.4 is 14.8 Å². The number of aliphatic carboxylic acids is 1. The topological polar surface area (TPSA) is 88.0 Å². The van der Waals surface area contributed by atoms with Gasteiger partial charge in [0.1, 0.15) is 0 Å². The summed E-state index contributed by atoms with van der Waals surface area (Å²) < 4.78 is 10.8. The molecule has 3 rings (SSSR count). The van der Waals surface area contributed by atoms with E-state index < -0.39 is 17.9 Å². The Kier molecular flexibility index (Phi) is 5.60. The molecule has 27 heavy (non-hydrogen) atoms. The molecular weight excluding hydrogens is 370 g/mol. The maximum Gasteiger partial charge on any atom is 0.390 e. The zero-order valence-electron chi connectivity index (χ0n) is 15.1. The quantitative estimate of drug-likeness (QED) is 0.672. The lowest BCUT2D eigenvalue weighted by molar-refractivity contribution is -0.173. The van der Waals surface area contributed by atoms with E-state index >= 15 is 0 Å². The van der Waals surface area contributed by atoms with Crippen LogP contribution in [0.25, 0.3) is 0 Å². The highest BCUT2D eigenvalue weighted by atomic mass is 35.5. The number of halogens is 1. The minimum atomic E-state index is -1.69. The standard InChI is InChI=1S/C20H22ClNO5/c1-12(22-11-16(23)14-4-3-5-15(21)10-14)8-13-6-7-17-18(9-13)27-20(2,26-17)19(24)25/h3-7,9-10,12,16,22-23H,8,11H2,1-2H3,(H,24,25). The molecule has 0 saturated heterocycles. The minimum absolute atomic E-state index is 0.0880. The van der Waals surface area contributed by atoms with Crippen LogP contribution in [0.1, 0.15) is 31.1 Å². The van der Waals surface area contributed by atoms with Crippen molar-refractivity contribution in [1.82, 2.24) is 5.32 Å². The third-order valence-electron chi connectivity index (χ3n) is 4.44. The molecule has 1 aliphatic rings. The van der Waals surface area contributed by atoms with Crippen molar-refractivity contribution in [2.24, 2.45) is 0 Å². The van der Waals surface area contributed by atoms with Gasteiger partial charge in [0.2, 0.25) is 0 Å². The fraction of sp³-hybridized carbons (Fsp3) is 0.350. The maximum absolute atomic E-state index is 11.2. The second-order valence-electron chi connectivity index (χ2n) is 6.82. The third kappa shape index (κ3) is 4.53. The second-order valence-corrected chi connectivity index (χ2v) is 7.26. The molecular formula is C20H22ClNO5. The highest BCUT2D eigenvalue weighted by molar-refractivity contribution is 6.30. The smallest absolute Gasteiger partial charge is 0.390 e. The summed E-state index contributed by atoms with van der Waals surface area (Å²) in [6, 6.07) is 12.6. The van der Waals surface area contributed by atoms with Crippen molar-refractivity contribution in [2.75, 3.05) is 6.54 Å². The first kappa shape index (κ1) is 19.5. The average Bonchev–Trinajstić information content (AvgIpc) is 2.96. The van der Waals surface area contributed by atoms with Crippen LogP contribution in [0, 0.1) is 0 Å². The maximum atomic E-state index is 11.2. The molecule has 1 aliphatic heterocycles. The van der Waals surface area contributed by atoms with Crippen LogP contribution in [0.4, 0.5) is 0 Å². The van der Waals surface area contributed by atoms with Crippen molar-refractivity contribution in [3.63, 3.8) is 0 Å². The largest absolute Gasteiger partial charge is 0.475 e. The second kappa shape index (κ2) is 7.76. The van der Waals surface area contributed by atoms with Crippen molar-refractivity contribution >= 4 is 17.6 Å². The van der Waals surface area contributed by atoms with E-state index in [1.807, 2.05) is 25.1 Å². The van der Waals surface area contributed by atoms with Crippen molar-refractivity contribution in [1.29, 1.82) is 0 Å². The number of aliphatic hydroxyl groups excluding tert-OH is 1. The monoisotopic (exact) mass is 391 g/mol. The molecule has 0 spiro atoms. The molecule has 3 N–H and O–H groups in total. The number of hydrogen-bond acceptors (Lipinski definition) is 5. The normalized spacial score (nSPS) is 20.3. The molecule has 0 saturated carbocycles. The van der Waals surface area contributed by atoms with Crippen LogP contribution >= 0.6 is 11.6 Å². The van der Waals surface area contributed by atoms with Gasteiger partial charge in [0, 0.05) is 24.5 Å². The fourth-order valence-electron chi connectivity index (χ4n) is 2.94. The molecule has 2 aromatic carbocycles. The van der Waals surface area contributed by atoms with E-state index in [2.05, 4.69) is 5.32 Å². The molecule has 0 radical (unpaired) electrons. The van der Waals surface area contributed by atoms with Crippen LogP contribution in [-0.4, -0.2) is 34.6 Å². The van der Waals surface area contributed by atoms with Gasteiger partial charge in [-0.25, -0.2) is 4.79 Å². The Labute approximate surface area is 162 Å². The first-order chi connectivity index (χ1) is 12.8. The minimum Gasteiger partial charge on any atom is -0.475 e. The van der Waals surface area contributed by atoms with Gasteiger partial charge in [-0.15, -0.1) is 0 Å². The molecule has 0 amide bonds. The lowest BCUT2D eigenvalue weighted by Crippen LogP contribution is -2.43. The Bertz CT molecular complexity index is 843. The van der Waals surface area contributed by atoms with Crippen molar-refractivity contribution in [3.05, 3.63) is 58.6 Å². The lowest BCUT2D eigenvalue weighted by Gasteiger charge is -2.18. The highest BCUT2D eigenvalue weighted by Crippen LogP contribution is 2.40. The predicted molar refractivity (Wildman–Crippen MR) is 101 cm³/mol. The molecule has 6 nitrogen and oxygen atoms in total. The summed E-state index contributed by atoms with van der Waals surface area (Å²) in [6.45, 7) is 3.77. The van der Waals surface area contributed by atoms with Gasteiger partial charge in [0.25, 0.3) is 0 Å². The number of fused-ring (bicyclic) bond motifs is 1. The molecule has 3 atom stereocenters. The van der Waals surface area contributed by atoms with Gasteiger partial charge in [-0.1, -0.05) is 29.8 Å². The summed E-state index contributed by atoms with van der Waals surface area (Å²) in [6.07, 6.45) is 0.0297. The zero-order valence-corrected chi connectivity index (χ0v) is 15.9. The van der Waals surface area contributed by atoms with Crippen LogP contribution in [-0.2, 0) is 11.2 Å². The number of rotatable bonds is 7. The van der Waals surface area contributed by atoms with E-state index in [4.69, 9.17) is 21.1 Å². The lowest BCUT2D eigenvalue weighted by atomic mass is 10.1. The summed E-state index contributed by atoms with van der Waals surface area (Å²) in [5.41, 5.74) is 1.74. The molecule has 2 aromatic rings. The van der Waals surface area contributed by atoms with Gasteiger partial charge < -0.3 is 25.0 Å². The Hall–Kier alpha value is -2.28. The van der Waals surface area contributed by atoms with Gasteiger partial charge in [-0.2, -0.15) is 0 Å². The number of ether oxygens (including phenoxy) is 2. The van der Waals surface area contributed by atoms with E-state index in [0.29, 0.717) is 29.5 Å². The summed E-state index contributed by atoms with van der Waals surface area (Å²) in [4.78, 5) is 11.2. The Balaban J connectivity index is 1.56. The van der Waals surface area contributed by atoms with E-state index in [1.165, 1.54) is 6.92 Å². The number of hydrogen-bond donors (Lipinski definition) is 3. The molecule has 3 unspecified atom stereocenters. The third-order valence-corrected chi connectivity index (χ3v) is 4.68. The van der Waals surface area contributed by atoms with Gasteiger partial charge >= 0.3 is 11.8 Å². The predicted octanol–water partition coefficient (Wildman–Crippen LogP) is 3.17. The fourth-order valence-corrected chi connectivity index (χ4v) is 3.14. The van der Waals surface area contributed by atoms with Gasteiger partial charge in [-0.3, -0.25) is 0 Å². The molecule has 0 fully saturated rings. The molecule has 0 aliphatic carbocycles. The molecule has 1 heterocycles. The number of benzene rings is 2. The molecule has 0 aromatic heterocycles.